The summed E-state index contributed by atoms with van der Waals surface area (Å²) in [5.41, 5.74) is 4.60. The molecule has 16 atom stereocenters. The number of hydrogen-bond acceptors (Lipinski definition) is 5. The van der Waals surface area contributed by atoms with E-state index in [2.05, 4.69) is 53.7 Å². The van der Waals surface area contributed by atoms with E-state index in [1.54, 1.807) is 11.1 Å². The number of carboxylic acid groups (broad SMARTS) is 1. The van der Waals surface area contributed by atoms with Gasteiger partial charge in [0.1, 0.15) is 0 Å². The van der Waals surface area contributed by atoms with E-state index in [9.17, 15) is 19.8 Å². The van der Waals surface area contributed by atoms with Crippen LogP contribution < -0.4 is 0 Å². The van der Waals surface area contributed by atoms with Gasteiger partial charge in [0.15, 0.2) is 0 Å². The lowest BCUT2D eigenvalue weighted by Crippen LogP contribution is -2.50. The van der Waals surface area contributed by atoms with Crippen LogP contribution >= 0.6 is 0 Å². The number of aliphatic carboxylic acids is 1. The van der Waals surface area contributed by atoms with Crippen LogP contribution in [0.2, 0.25) is 0 Å². The van der Waals surface area contributed by atoms with Crippen molar-refractivity contribution < 1.29 is 29.6 Å². The number of ether oxygens (including phenoxy) is 1. The third kappa shape index (κ3) is 8.13. The molecular weight excluding hydrogens is 709 g/mol. The number of hydrogen-bond donors (Lipinski definition) is 3. The van der Waals surface area contributed by atoms with Gasteiger partial charge in [-0.1, -0.05) is 72.3 Å². The van der Waals surface area contributed by atoms with Gasteiger partial charge < -0.3 is 20.1 Å². The number of carbonyl (C=O) groups is 2. The third-order valence-electron chi connectivity index (χ3n) is 19.6. The Morgan fingerprint density at radius 3 is 1.53 bits per heavy atom. The molecule has 0 bridgehead atoms. The summed E-state index contributed by atoms with van der Waals surface area (Å²) in [5.74, 6) is 6.71. The van der Waals surface area contributed by atoms with E-state index < -0.39 is 5.97 Å². The van der Waals surface area contributed by atoms with E-state index in [0.717, 1.165) is 86.4 Å². The molecule has 0 heterocycles. The Hall–Kier alpha value is -1.66. The predicted octanol–water partition coefficient (Wildman–Crippen LogP) is 12.0. The van der Waals surface area contributed by atoms with Crippen LogP contribution in [0.1, 0.15) is 184 Å². The Labute approximate surface area is 347 Å². The van der Waals surface area contributed by atoms with Gasteiger partial charge in [-0.25, -0.2) is 0 Å². The minimum absolute atomic E-state index is 0. The zero-order chi connectivity index (χ0) is 40.2. The average Bonchev–Trinajstić information content (AvgIpc) is 3.71. The lowest BCUT2D eigenvalue weighted by Gasteiger charge is -2.58. The molecule has 0 radical (unpaired) electrons. The third-order valence-corrected chi connectivity index (χ3v) is 19.6. The van der Waals surface area contributed by atoms with Crippen LogP contribution in [-0.2, 0) is 14.3 Å². The lowest BCUT2D eigenvalue weighted by molar-refractivity contribution is -0.143. The van der Waals surface area contributed by atoms with Gasteiger partial charge in [-0.15, -0.1) is 0 Å². The van der Waals surface area contributed by atoms with E-state index in [0.29, 0.717) is 58.9 Å². The van der Waals surface area contributed by atoms with Crippen molar-refractivity contribution in [2.75, 3.05) is 6.61 Å². The van der Waals surface area contributed by atoms with E-state index >= 15 is 0 Å². The molecule has 8 aliphatic carbocycles. The summed E-state index contributed by atoms with van der Waals surface area (Å²) in [7, 11) is 0. The number of allylic oxidation sites excluding steroid dienone is 2. The number of carbonyl (C=O) groups excluding carboxylic acids is 1. The molecule has 6 nitrogen and oxygen atoms in total. The Balaban J connectivity index is 0.000000190. The summed E-state index contributed by atoms with van der Waals surface area (Å²) >= 11 is 0. The highest BCUT2D eigenvalue weighted by Gasteiger charge is 2.60. The average molecular weight is 793 g/mol. The maximum atomic E-state index is 11.9. The van der Waals surface area contributed by atoms with E-state index in [1.807, 2.05) is 6.92 Å². The zero-order valence-corrected chi connectivity index (χ0v) is 36.5. The Morgan fingerprint density at radius 2 is 1.11 bits per heavy atom. The first-order valence-electron chi connectivity index (χ1n) is 23.7. The molecule has 0 aromatic carbocycles. The SMILES string of the molecule is C.CCOC(=O)CC[C@@H](C)[C@H]1CC[C@H]2[C@@H]3CC=C4C[C@@H](O)CC[C@]4(C)[C@H]3CC[C@]12C.C[C@H](CCC(=O)O)[C@H]1CC[C@H]2[C@@H]3CC=C4C[C@@H](O)CC[C@]4(C)[C@H]3CC[C@]12C. The van der Waals surface area contributed by atoms with Gasteiger partial charge in [-0.2, -0.15) is 0 Å². The summed E-state index contributed by atoms with van der Waals surface area (Å²) in [6.45, 7) is 17.2. The highest BCUT2D eigenvalue weighted by molar-refractivity contribution is 5.69. The van der Waals surface area contributed by atoms with Crippen LogP contribution in [0.15, 0.2) is 23.3 Å². The van der Waals surface area contributed by atoms with Gasteiger partial charge >= 0.3 is 11.9 Å². The van der Waals surface area contributed by atoms with E-state index in [-0.39, 0.29) is 25.6 Å². The van der Waals surface area contributed by atoms with Crippen molar-refractivity contribution >= 4 is 11.9 Å². The van der Waals surface area contributed by atoms with E-state index in [1.165, 1.54) is 70.6 Å². The number of esters is 1. The largest absolute Gasteiger partial charge is 0.481 e. The van der Waals surface area contributed by atoms with Gasteiger partial charge in [0.2, 0.25) is 0 Å². The van der Waals surface area contributed by atoms with Crippen molar-refractivity contribution in [3.63, 3.8) is 0 Å². The maximum Gasteiger partial charge on any atom is 0.305 e. The number of rotatable bonds is 9. The molecule has 0 amide bonds. The number of aliphatic hydroxyl groups excluding tert-OH is 2. The minimum atomic E-state index is -0.650. The van der Waals surface area contributed by atoms with Crippen molar-refractivity contribution in [1.29, 1.82) is 0 Å². The fourth-order valence-electron chi connectivity index (χ4n) is 16.6. The topological polar surface area (TPSA) is 104 Å². The molecule has 57 heavy (non-hydrogen) atoms. The summed E-state index contributed by atoms with van der Waals surface area (Å²) in [5, 5.41) is 29.4. The maximum absolute atomic E-state index is 11.9. The second-order valence-corrected chi connectivity index (χ2v) is 22.0. The van der Waals surface area contributed by atoms with Crippen molar-refractivity contribution in [2.24, 2.45) is 80.8 Å². The minimum Gasteiger partial charge on any atom is -0.481 e. The molecule has 0 spiro atoms. The molecule has 6 heteroatoms. The second-order valence-electron chi connectivity index (χ2n) is 22.0. The molecular formula is C51H84O6. The smallest absolute Gasteiger partial charge is 0.305 e. The lowest BCUT2D eigenvalue weighted by atomic mass is 9.47. The van der Waals surface area contributed by atoms with Gasteiger partial charge in [0, 0.05) is 12.8 Å². The normalized spacial score (nSPS) is 45.3. The van der Waals surface area contributed by atoms with Gasteiger partial charge in [0.05, 0.1) is 18.8 Å². The molecule has 0 saturated heterocycles. The van der Waals surface area contributed by atoms with Crippen molar-refractivity contribution in [3.05, 3.63) is 23.3 Å². The van der Waals surface area contributed by atoms with Gasteiger partial charge in [0.25, 0.3) is 0 Å². The number of fused-ring (bicyclic) bond motifs is 10. The quantitative estimate of drug-likeness (QED) is 0.159. The second kappa shape index (κ2) is 17.4. The molecule has 6 saturated carbocycles. The van der Waals surface area contributed by atoms with Crippen LogP contribution in [-0.4, -0.2) is 46.1 Å². The van der Waals surface area contributed by atoms with Gasteiger partial charge in [-0.05, 0) is 203 Å². The van der Waals surface area contributed by atoms with Crippen molar-refractivity contribution in [3.8, 4) is 0 Å². The van der Waals surface area contributed by atoms with Crippen molar-refractivity contribution in [1.82, 2.24) is 0 Å². The van der Waals surface area contributed by atoms with Crippen LogP contribution in [0.5, 0.6) is 0 Å². The Bertz CT molecular complexity index is 1500. The summed E-state index contributed by atoms with van der Waals surface area (Å²) in [6.07, 6.45) is 26.7. The van der Waals surface area contributed by atoms with E-state index in [4.69, 9.17) is 9.84 Å². The Morgan fingerprint density at radius 1 is 0.667 bits per heavy atom. The monoisotopic (exact) mass is 793 g/mol. The molecule has 0 aromatic rings. The number of aliphatic hydroxyl groups is 2. The fraction of sp³-hybridized carbons (Fsp3) is 0.882. The highest BCUT2D eigenvalue weighted by atomic mass is 16.5. The summed E-state index contributed by atoms with van der Waals surface area (Å²) in [6, 6.07) is 0. The van der Waals surface area contributed by atoms with Crippen molar-refractivity contribution in [2.45, 2.75) is 197 Å². The highest BCUT2D eigenvalue weighted by Crippen LogP contribution is 2.69. The summed E-state index contributed by atoms with van der Waals surface area (Å²) in [4.78, 5) is 22.9. The Kier molecular flexibility index (Phi) is 13.7. The standard InChI is InChI=1S/C26H42O3.C24H38O3.CH4/c1-5-29-24(28)11-6-17(2)21-9-10-22-20-8-7-18-16-19(27)12-14-25(18,3)23(20)13-15-26(21,22)4;1-15(4-9-22(26)27)19-7-8-20-18-6-5-16-14-17(25)10-12-23(16,2)21(18)11-13-24(19,20)3;/h7,17,19-23,27H,5-6,8-16H2,1-4H3;5,15,17-21,25H,4,6-14H2,1-3H3,(H,26,27);1H4/t17-,19+,20+,21-,22+,23+,25+,26-;15-,17+,18+,19-,20+,21+,23+,24-;/m11./s1. The zero-order valence-electron chi connectivity index (χ0n) is 36.5. The first-order valence-corrected chi connectivity index (χ1v) is 23.7. The fourth-order valence-corrected chi connectivity index (χ4v) is 16.6. The first-order chi connectivity index (χ1) is 26.5. The first kappa shape index (κ1) is 44.9. The number of carboxylic acids is 1. The van der Waals surface area contributed by atoms with Gasteiger partial charge in [-0.3, -0.25) is 9.59 Å². The van der Waals surface area contributed by atoms with Crippen LogP contribution in [0.4, 0.5) is 0 Å². The molecule has 8 rings (SSSR count). The molecule has 3 N–H and O–H groups in total. The van der Waals surface area contributed by atoms with Crippen LogP contribution in [0.3, 0.4) is 0 Å². The molecule has 6 fully saturated rings. The molecule has 0 unspecified atom stereocenters. The summed E-state index contributed by atoms with van der Waals surface area (Å²) < 4.78 is 5.16. The molecule has 324 valence electrons. The molecule has 0 aliphatic heterocycles. The van der Waals surface area contributed by atoms with Crippen LogP contribution in [0, 0.1) is 80.8 Å². The van der Waals surface area contributed by atoms with Crippen LogP contribution in [0.25, 0.3) is 0 Å². The molecule has 8 aliphatic rings. The predicted molar refractivity (Wildman–Crippen MR) is 230 cm³/mol. The molecule has 0 aromatic heterocycles.